The molecule has 0 aliphatic rings. The molecule has 0 saturated heterocycles. The molecule has 3 heterocycles. The number of hydrogen-bond acceptors (Lipinski definition) is 5. The molecule has 0 fully saturated rings. The Morgan fingerprint density at radius 1 is 1.19 bits per heavy atom. The fourth-order valence-electron chi connectivity index (χ4n) is 2.88. The first-order valence-electron chi connectivity index (χ1n) is 8.46. The van der Waals surface area contributed by atoms with Gasteiger partial charge in [-0.2, -0.15) is 9.61 Å². The first-order valence-corrected chi connectivity index (χ1v) is 8.46. The lowest BCUT2D eigenvalue weighted by molar-refractivity contribution is 0.630. The molecule has 0 aliphatic heterocycles. The summed E-state index contributed by atoms with van der Waals surface area (Å²) in [4.78, 5) is 4.51. The third-order valence-corrected chi connectivity index (χ3v) is 4.20. The van der Waals surface area contributed by atoms with Gasteiger partial charge in [0.2, 0.25) is 0 Å². The van der Waals surface area contributed by atoms with E-state index in [9.17, 15) is 4.39 Å². The third-order valence-electron chi connectivity index (χ3n) is 4.20. The molecule has 3 aromatic heterocycles. The molecule has 1 N–H and O–H groups in total. The summed E-state index contributed by atoms with van der Waals surface area (Å²) in [5, 5.41) is 15.7. The van der Waals surface area contributed by atoms with E-state index in [0.717, 1.165) is 18.2 Å². The van der Waals surface area contributed by atoms with Gasteiger partial charge in [0.15, 0.2) is 5.65 Å². The van der Waals surface area contributed by atoms with Crippen LogP contribution in [0.5, 0.6) is 0 Å². The van der Waals surface area contributed by atoms with Crippen molar-refractivity contribution in [2.45, 2.75) is 19.9 Å². The lowest BCUT2D eigenvalue weighted by Gasteiger charge is -2.11. The number of hydrogen-bond donors (Lipinski definition) is 1. The summed E-state index contributed by atoms with van der Waals surface area (Å²) < 4.78 is 17.9. The normalized spacial score (nSPS) is 11.2. The lowest BCUT2D eigenvalue weighted by atomic mass is 10.1. The Kier molecular flexibility index (Phi) is 4.30. The van der Waals surface area contributed by atoms with Crippen LogP contribution in [0.15, 0.2) is 48.9 Å². The van der Waals surface area contributed by atoms with Crippen molar-refractivity contribution >= 4 is 11.5 Å². The Balaban J connectivity index is 1.62. The molecule has 132 valence electrons. The van der Waals surface area contributed by atoms with Crippen molar-refractivity contribution in [2.75, 3.05) is 11.9 Å². The molecular formula is C18H18FN7. The van der Waals surface area contributed by atoms with E-state index in [4.69, 9.17) is 0 Å². The highest BCUT2D eigenvalue weighted by molar-refractivity contribution is 5.66. The van der Waals surface area contributed by atoms with Crippen LogP contribution < -0.4 is 5.32 Å². The number of halogens is 1. The van der Waals surface area contributed by atoms with Crippen LogP contribution in [0.3, 0.4) is 0 Å². The van der Waals surface area contributed by atoms with Gasteiger partial charge in [-0.15, -0.1) is 10.2 Å². The highest BCUT2D eigenvalue weighted by atomic mass is 19.1. The zero-order valence-electron chi connectivity index (χ0n) is 14.3. The maximum Gasteiger partial charge on any atom is 0.157 e. The minimum atomic E-state index is -0.300. The van der Waals surface area contributed by atoms with Gasteiger partial charge in [-0.1, -0.05) is 12.1 Å². The number of benzene rings is 1. The highest BCUT2D eigenvalue weighted by Gasteiger charge is 2.11. The van der Waals surface area contributed by atoms with Gasteiger partial charge in [-0.25, -0.2) is 9.37 Å². The van der Waals surface area contributed by atoms with Gasteiger partial charge in [-0.05, 0) is 19.1 Å². The molecule has 4 rings (SSSR count). The van der Waals surface area contributed by atoms with Crippen LogP contribution in [-0.4, -0.2) is 35.9 Å². The van der Waals surface area contributed by atoms with E-state index in [0.29, 0.717) is 29.9 Å². The number of aryl methyl sites for hydroxylation is 1. The van der Waals surface area contributed by atoms with E-state index in [1.54, 1.807) is 41.3 Å². The van der Waals surface area contributed by atoms with Crippen LogP contribution in [0.4, 0.5) is 10.2 Å². The second kappa shape index (κ2) is 6.91. The molecule has 1 aromatic carbocycles. The minimum Gasteiger partial charge on any atom is -0.369 e. The lowest BCUT2D eigenvalue weighted by Crippen LogP contribution is -2.12. The summed E-state index contributed by atoms with van der Waals surface area (Å²) in [5.41, 5.74) is 1.69. The van der Waals surface area contributed by atoms with Gasteiger partial charge in [0, 0.05) is 37.2 Å². The van der Waals surface area contributed by atoms with Crippen molar-refractivity contribution in [2.24, 2.45) is 0 Å². The van der Waals surface area contributed by atoms with Crippen LogP contribution in [0.1, 0.15) is 12.7 Å². The molecule has 8 heteroatoms. The third kappa shape index (κ3) is 3.01. The summed E-state index contributed by atoms with van der Waals surface area (Å²) in [7, 11) is 0. The minimum absolute atomic E-state index is 0.300. The molecule has 0 bridgehead atoms. The smallest absolute Gasteiger partial charge is 0.157 e. The van der Waals surface area contributed by atoms with Crippen LogP contribution in [0.2, 0.25) is 0 Å². The summed E-state index contributed by atoms with van der Waals surface area (Å²) in [5.74, 6) is 1.37. The average Bonchev–Trinajstić information content (AvgIpc) is 3.30. The van der Waals surface area contributed by atoms with Crippen LogP contribution >= 0.6 is 0 Å². The van der Waals surface area contributed by atoms with Crippen molar-refractivity contribution in [3.8, 4) is 11.3 Å². The number of nitrogens with zero attached hydrogens (tertiary/aromatic N) is 6. The molecule has 7 nitrogen and oxygen atoms in total. The predicted octanol–water partition coefficient (Wildman–Crippen LogP) is 2.80. The summed E-state index contributed by atoms with van der Waals surface area (Å²) >= 11 is 0. The van der Waals surface area contributed by atoms with Gasteiger partial charge in [0.05, 0.1) is 11.9 Å². The molecule has 0 radical (unpaired) electrons. The maximum absolute atomic E-state index is 14.2. The van der Waals surface area contributed by atoms with E-state index in [1.807, 2.05) is 10.6 Å². The predicted molar refractivity (Wildman–Crippen MR) is 96.3 cm³/mol. The molecule has 26 heavy (non-hydrogen) atoms. The van der Waals surface area contributed by atoms with Gasteiger partial charge >= 0.3 is 0 Å². The van der Waals surface area contributed by atoms with Crippen molar-refractivity contribution in [1.29, 1.82) is 0 Å². The fourth-order valence-corrected chi connectivity index (χ4v) is 2.88. The van der Waals surface area contributed by atoms with Gasteiger partial charge in [0.25, 0.3) is 0 Å². The fraction of sp³-hybridized carbons (Fsp3) is 0.222. The second-order valence-corrected chi connectivity index (χ2v) is 5.82. The molecule has 0 unspecified atom stereocenters. The maximum atomic E-state index is 14.2. The Bertz CT molecular complexity index is 1040. The Morgan fingerprint density at radius 3 is 2.92 bits per heavy atom. The van der Waals surface area contributed by atoms with Crippen molar-refractivity contribution in [3.63, 3.8) is 0 Å². The van der Waals surface area contributed by atoms with E-state index in [1.165, 1.54) is 6.07 Å². The summed E-state index contributed by atoms with van der Waals surface area (Å²) in [6, 6.07) is 10.2. The van der Waals surface area contributed by atoms with Crippen molar-refractivity contribution < 1.29 is 4.39 Å². The zero-order valence-corrected chi connectivity index (χ0v) is 14.3. The molecule has 0 atom stereocenters. The standard InChI is InChI=1S/C18H18FN7/c1-2-25-12-21-24-17(25)7-9-20-18-11-15(13-5-3-4-6-14(13)19)23-16-8-10-22-26(16)18/h3-6,8,10-12,20H,2,7,9H2,1H3. The number of aromatic nitrogens is 6. The summed E-state index contributed by atoms with van der Waals surface area (Å²) in [6.07, 6.45) is 4.12. The molecule has 0 spiro atoms. The van der Waals surface area contributed by atoms with E-state index in [2.05, 4.69) is 32.5 Å². The number of nitrogens with one attached hydrogen (secondary N) is 1. The highest BCUT2D eigenvalue weighted by Crippen LogP contribution is 2.24. The first kappa shape index (κ1) is 16.2. The SMILES string of the molecule is CCn1cnnc1CCNc1cc(-c2ccccc2F)nc2ccnn12. The molecule has 4 aromatic rings. The van der Waals surface area contributed by atoms with E-state index in [-0.39, 0.29) is 5.82 Å². The van der Waals surface area contributed by atoms with Gasteiger partial charge in [0.1, 0.15) is 23.8 Å². The van der Waals surface area contributed by atoms with Gasteiger partial charge < -0.3 is 9.88 Å². The molecule has 0 saturated carbocycles. The Hall–Kier alpha value is -3.29. The Labute approximate surface area is 149 Å². The number of fused-ring (bicyclic) bond motifs is 1. The van der Waals surface area contributed by atoms with Crippen LogP contribution in [-0.2, 0) is 13.0 Å². The number of rotatable bonds is 6. The second-order valence-electron chi connectivity index (χ2n) is 5.82. The van der Waals surface area contributed by atoms with Crippen molar-refractivity contribution in [3.05, 3.63) is 60.6 Å². The van der Waals surface area contributed by atoms with Gasteiger partial charge in [-0.3, -0.25) is 0 Å². The quantitative estimate of drug-likeness (QED) is 0.578. The first-order chi connectivity index (χ1) is 12.8. The monoisotopic (exact) mass is 351 g/mol. The zero-order chi connectivity index (χ0) is 17.9. The largest absolute Gasteiger partial charge is 0.369 e. The molecule has 0 aliphatic carbocycles. The van der Waals surface area contributed by atoms with E-state index >= 15 is 0 Å². The summed E-state index contributed by atoms with van der Waals surface area (Å²) in [6.45, 7) is 3.53. The average molecular weight is 351 g/mol. The molecular weight excluding hydrogens is 333 g/mol. The topological polar surface area (TPSA) is 72.9 Å². The number of anilines is 1. The molecule has 0 amide bonds. The Morgan fingerprint density at radius 2 is 2.08 bits per heavy atom. The van der Waals surface area contributed by atoms with E-state index < -0.39 is 0 Å². The van der Waals surface area contributed by atoms with Crippen LogP contribution in [0.25, 0.3) is 16.9 Å². The van der Waals surface area contributed by atoms with Crippen molar-refractivity contribution in [1.82, 2.24) is 29.4 Å². The van der Waals surface area contributed by atoms with Crippen LogP contribution in [0, 0.1) is 5.82 Å².